The molecule has 0 bridgehead atoms. The van der Waals surface area contributed by atoms with Gasteiger partial charge >= 0.3 is 0 Å². The highest BCUT2D eigenvalue weighted by Gasteiger charge is 2.16. The van der Waals surface area contributed by atoms with Crippen LogP contribution in [0.4, 0.5) is 0 Å². The Hall–Kier alpha value is -1.48. The fourth-order valence-electron chi connectivity index (χ4n) is 2.31. The van der Waals surface area contributed by atoms with Gasteiger partial charge in [0.15, 0.2) is 0 Å². The number of aromatic nitrogens is 1. The minimum absolute atomic E-state index is 0. The molecule has 2 heterocycles. The van der Waals surface area contributed by atoms with Gasteiger partial charge in [-0.2, -0.15) is 0 Å². The molecule has 4 heteroatoms. The van der Waals surface area contributed by atoms with E-state index in [0.29, 0.717) is 0 Å². The zero-order valence-electron chi connectivity index (χ0n) is 10.0. The van der Waals surface area contributed by atoms with E-state index in [1.165, 1.54) is 27.7 Å². The van der Waals surface area contributed by atoms with Crippen molar-refractivity contribution < 1.29 is 0 Å². The summed E-state index contributed by atoms with van der Waals surface area (Å²) >= 11 is 0. The van der Waals surface area contributed by atoms with Crippen molar-refractivity contribution in [2.75, 3.05) is 13.1 Å². The Labute approximate surface area is 107 Å². The van der Waals surface area contributed by atoms with Crippen molar-refractivity contribution in [2.24, 2.45) is 4.99 Å². The van der Waals surface area contributed by atoms with Gasteiger partial charge in [-0.15, -0.1) is 12.4 Å². The Kier molecular flexibility index (Phi) is 3.11. The van der Waals surface area contributed by atoms with Crippen LogP contribution >= 0.6 is 12.4 Å². The molecule has 0 saturated heterocycles. The fourth-order valence-corrected chi connectivity index (χ4v) is 2.31. The third kappa shape index (κ3) is 1.91. The molecule has 0 unspecified atom stereocenters. The number of halogens is 1. The maximum absolute atomic E-state index is 4.50. The topological polar surface area (TPSA) is 40.2 Å². The number of nitrogens with zero attached hydrogens (tertiary/aromatic N) is 1. The maximum atomic E-state index is 4.50. The number of aryl methyl sites for hydroxylation is 2. The quantitative estimate of drug-likeness (QED) is 0.801. The summed E-state index contributed by atoms with van der Waals surface area (Å²) in [5.74, 6) is 1.04. The molecule has 90 valence electrons. The molecule has 0 atom stereocenters. The molecule has 3 nitrogen and oxygen atoms in total. The molecular formula is C13H16ClN3. The van der Waals surface area contributed by atoms with Crippen LogP contribution in [0.1, 0.15) is 16.8 Å². The Morgan fingerprint density at radius 3 is 2.76 bits per heavy atom. The van der Waals surface area contributed by atoms with Crippen molar-refractivity contribution in [1.29, 1.82) is 0 Å². The van der Waals surface area contributed by atoms with Crippen molar-refractivity contribution in [3.63, 3.8) is 0 Å². The molecule has 1 aromatic heterocycles. The average molecular weight is 250 g/mol. The summed E-state index contributed by atoms with van der Waals surface area (Å²) < 4.78 is 0. The van der Waals surface area contributed by atoms with Crippen molar-refractivity contribution >= 4 is 29.1 Å². The van der Waals surface area contributed by atoms with Gasteiger partial charge in [0.05, 0.1) is 6.54 Å². The number of benzene rings is 1. The molecule has 2 N–H and O–H groups in total. The minimum atomic E-state index is 0. The summed E-state index contributed by atoms with van der Waals surface area (Å²) in [6, 6.07) is 6.49. The Morgan fingerprint density at radius 2 is 2.06 bits per heavy atom. The van der Waals surface area contributed by atoms with Gasteiger partial charge in [0, 0.05) is 28.7 Å². The average Bonchev–Trinajstić information content (AvgIpc) is 2.83. The number of aliphatic imine (C=N–C) groups is 1. The van der Waals surface area contributed by atoms with Crippen molar-refractivity contribution in [3.8, 4) is 0 Å². The minimum Gasteiger partial charge on any atom is -0.368 e. The maximum Gasteiger partial charge on any atom is 0.130 e. The second-order valence-corrected chi connectivity index (χ2v) is 4.33. The SMILES string of the molecule is Cc1ccc2[nH]c(C)c(C3=NCCN3)c2c1.Cl. The van der Waals surface area contributed by atoms with E-state index >= 15 is 0 Å². The molecule has 0 spiro atoms. The molecule has 3 rings (SSSR count). The van der Waals surface area contributed by atoms with Gasteiger partial charge in [0.1, 0.15) is 5.84 Å². The summed E-state index contributed by atoms with van der Waals surface area (Å²) in [5.41, 5.74) is 4.89. The Bertz CT molecular complexity index is 584. The van der Waals surface area contributed by atoms with Crippen molar-refractivity contribution in [2.45, 2.75) is 13.8 Å². The second kappa shape index (κ2) is 4.41. The lowest BCUT2D eigenvalue weighted by Crippen LogP contribution is -2.19. The molecule has 1 aliphatic heterocycles. The summed E-state index contributed by atoms with van der Waals surface area (Å²) in [6.45, 7) is 6.06. The molecule has 0 radical (unpaired) electrons. The van der Waals surface area contributed by atoms with Gasteiger partial charge in [-0.1, -0.05) is 11.6 Å². The molecule has 0 saturated carbocycles. The molecule has 2 aromatic rings. The number of fused-ring (bicyclic) bond motifs is 1. The zero-order valence-corrected chi connectivity index (χ0v) is 10.8. The first-order valence-corrected chi connectivity index (χ1v) is 5.63. The van der Waals surface area contributed by atoms with E-state index in [2.05, 4.69) is 47.3 Å². The lowest BCUT2D eigenvalue weighted by Gasteiger charge is -2.02. The lowest BCUT2D eigenvalue weighted by molar-refractivity contribution is 0.960. The van der Waals surface area contributed by atoms with Crippen molar-refractivity contribution in [3.05, 3.63) is 35.0 Å². The summed E-state index contributed by atoms with van der Waals surface area (Å²) in [6.07, 6.45) is 0. The van der Waals surface area contributed by atoms with Crippen LogP contribution in [0.15, 0.2) is 23.2 Å². The highest BCUT2D eigenvalue weighted by molar-refractivity contribution is 6.11. The molecular weight excluding hydrogens is 234 g/mol. The van der Waals surface area contributed by atoms with Gasteiger partial charge in [-0.05, 0) is 26.0 Å². The number of H-pyrrole nitrogens is 1. The summed E-state index contributed by atoms with van der Waals surface area (Å²) in [5, 5.41) is 4.61. The van der Waals surface area contributed by atoms with E-state index in [1.54, 1.807) is 0 Å². The number of nitrogens with one attached hydrogen (secondary N) is 2. The Balaban J connectivity index is 0.00000108. The highest BCUT2D eigenvalue weighted by atomic mass is 35.5. The van der Waals surface area contributed by atoms with Gasteiger partial charge < -0.3 is 10.3 Å². The van der Waals surface area contributed by atoms with E-state index < -0.39 is 0 Å². The lowest BCUT2D eigenvalue weighted by atomic mass is 10.1. The van der Waals surface area contributed by atoms with Gasteiger partial charge in [-0.25, -0.2) is 0 Å². The van der Waals surface area contributed by atoms with Crippen LogP contribution in [0.5, 0.6) is 0 Å². The first-order chi connectivity index (χ1) is 7.75. The van der Waals surface area contributed by atoms with Crippen LogP contribution in [-0.2, 0) is 0 Å². The van der Waals surface area contributed by atoms with Crippen LogP contribution in [0.2, 0.25) is 0 Å². The zero-order chi connectivity index (χ0) is 11.1. The molecule has 0 aliphatic carbocycles. The monoisotopic (exact) mass is 249 g/mol. The smallest absolute Gasteiger partial charge is 0.130 e. The van der Waals surface area contributed by atoms with Crippen LogP contribution in [-0.4, -0.2) is 23.9 Å². The third-order valence-electron chi connectivity index (χ3n) is 3.05. The Morgan fingerprint density at radius 1 is 1.24 bits per heavy atom. The number of aromatic amines is 1. The molecule has 1 aliphatic rings. The highest BCUT2D eigenvalue weighted by Crippen LogP contribution is 2.24. The fraction of sp³-hybridized carbons (Fsp3) is 0.308. The largest absolute Gasteiger partial charge is 0.368 e. The van der Waals surface area contributed by atoms with Crippen LogP contribution in [0.3, 0.4) is 0 Å². The van der Waals surface area contributed by atoms with Gasteiger partial charge in [0.25, 0.3) is 0 Å². The number of rotatable bonds is 1. The van der Waals surface area contributed by atoms with Gasteiger partial charge in [0.2, 0.25) is 0 Å². The second-order valence-electron chi connectivity index (χ2n) is 4.33. The summed E-state index contributed by atoms with van der Waals surface area (Å²) in [4.78, 5) is 7.91. The van der Waals surface area contributed by atoms with Crippen LogP contribution < -0.4 is 5.32 Å². The predicted molar refractivity (Wildman–Crippen MR) is 74.4 cm³/mol. The molecule has 0 fully saturated rings. The predicted octanol–water partition coefficient (Wildman–Crippen LogP) is 2.56. The normalized spacial score (nSPS) is 14.4. The van der Waals surface area contributed by atoms with Gasteiger partial charge in [-0.3, -0.25) is 4.99 Å². The summed E-state index contributed by atoms with van der Waals surface area (Å²) in [7, 11) is 0. The molecule has 17 heavy (non-hydrogen) atoms. The van der Waals surface area contributed by atoms with Crippen LogP contribution in [0, 0.1) is 13.8 Å². The number of hydrogen-bond donors (Lipinski definition) is 2. The number of hydrogen-bond acceptors (Lipinski definition) is 2. The van der Waals surface area contributed by atoms with E-state index in [4.69, 9.17) is 0 Å². The van der Waals surface area contributed by atoms with E-state index in [1.807, 2.05) is 0 Å². The standard InChI is InChI=1S/C13H15N3.ClH/c1-8-3-4-11-10(7-8)12(9(2)16-11)13-14-5-6-15-13;/h3-4,7,16H,5-6H2,1-2H3,(H,14,15);1H. The van der Waals surface area contributed by atoms with E-state index in [-0.39, 0.29) is 12.4 Å². The first kappa shape index (κ1) is 12.0. The van der Waals surface area contributed by atoms with E-state index in [0.717, 1.165) is 18.9 Å². The van der Waals surface area contributed by atoms with E-state index in [9.17, 15) is 0 Å². The van der Waals surface area contributed by atoms with Crippen LogP contribution in [0.25, 0.3) is 10.9 Å². The molecule has 0 amide bonds. The first-order valence-electron chi connectivity index (χ1n) is 5.63. The molecule has 1 aromatic carbocycles. The third-order valence-corrected chi connectivity index (χ3v) is 3.05. The number of amidine groups is 1. The van der Waals surface area contributed by atoms with Crippen molar-refractivity contribution in [1.82, 2.24) is 10.3 Å².